The maximum atomic E-state index is 5.37. The Bertz CT molecular complexity index is 393. The Hall–Kier alpha value is -1.13. The number of unbranched alkanes of at least 4 members (excludes halogenated alkanes) is 1. The summed E-state index contributed by atoms with van der Waals surface area (Å²) in [6, 6.07) is 10.1. The minimum atomic E-state index is -0.122. The highest BCUT2D eigenvalue weighted by Gasteiger charge is 2.35. The van der Waals surface area contributed by atoms with Crippen LogP contribution in [0.25, 0.3) is 0 Å². The zero-order valence-corrected chi connectivity index (χ0v) is 11.2. The number of hydrazine groups is 1. The third kappa shape index (κ3) is 2.76. The van der Waals surface area contributed by atoms with Crippen molar-refractivity contribution in [2.75, 3.05) is 5.01 Å². The summed E-state index contributed by atoms with van der Waals surface area (Å²) in [5.41, 5.74) is 4.40. The van der Waals surface area contributed by atoms with Gasteiger partial charge in [0.2, 0.25) is 0 Å². The number of nitrogens with zero attached hydrogens (tertiary/aromatic N) is 1. The molecule has 1 saturated heterocycles. The van der Waals surface area contributed by atoms with Gasteiger partial charge in [-0.1, -0.05) is 31.5 Å². The SMILES string of the molecule is CCCC[C@]1(C)NC(=S)N(c2ccccc2)N1. The first kappa shape index (κ1) is 12.3. The van der Waals surface area contributed by atoms with E-state index < -0.39 is 0 Å². The first-order valence-corrected chi connectivity index (χ1v) is 6.50. The van der Waals surface area contributed by atoms with Gasteiger partial charge < -0.3 is 5.32 Å². The van der Waals surface area contributed by atoms with Gasteiger partial charge in [0.25, 0.3) is 0 Å². The van der Waals surface area contributed by atoms with Gasteiger partial charge in [-0.25, -0.2) is 5.43 Å². The predicted octanol–water partition coefficient (Wildman–Crippen LogP) is 2.79. The second-order valence-corrected chi connectivity index (χ2v) is 5.04. The molecule has 1 fully saturated rings. The number of anilines is 1. The first-order valence-electron chi connectivity index (χ1n) is 6.10. The molecule has 2 rings (SSSR count). The number of para-hydroxylation sites is 1. The number of benzene rings is 1. The second-order valence-electron chi connectivity index (χ2n) is 4.65. The minimum Gasteiger partial charge on any atom is -0.342 e. The van der Waals surface area contributed by atoms with Crippen LogP contribution >= 0.6 is 12.2 Å². The summed E-state index contributed by atoms with van der Waals surface area (Å²) in [6.07, 6.45) is 3.44. The van der Waals surface area contributed by atoms with E-state index in [0.29, 0.717) is 0 Å². The maximum absolute atomic E-state index is 5.37. The number of hydrogen-bond donors (Lipinski definition) is 2. The lowest BCUT2D eigenvalue weighted by atomic mass is 10.1. The van der Waals surface area contributed by atoms with Gasteiger partial charge in [0.1, 0.15) is 5.66 Å². The van der Waals surface area contributed by atoms with Gasteiger partial charge in [-0.05, 0) is 44.1 Å². The smallest absolute Gasteiger partial charge is 0.189 e. The molecule has 0 spiro atoms. The van der Waals surface area contributed by atoms with Crippen molar-refractivity contribution in [3.8, 4) is 0 Å². The molecule has 1 aromatic carbocycles. The van der Waals surface area contributed by atoms with Crippen LogP contribution in [-0.2, 0) is 0 Å². The van der Waals surface area contributed by atoms with Crippen LogP contribution in [0.2, 0.25) is 0 Å². The van der Waals surface area contributed by atoms with Crippen molar-refractivity contribution >= 4 is 23.0 Å². The molecule has 1 aliphatic rings. The summed E-state index contributed by atoms with van der Waals surface area (Å²) in [7, 11) is 0. The van der Waals surface area contributed by atoms with E-state index in [9.17, 15) is 0 Å². The number of nitrogens with one attached hydrogen (secondary N) is 2. The fourth-order valence-corrected chi connectivity index (χ4v) is 2.40. The normalized spacial score (nSPS) is 23.9. The third-order valence-electron chi connectivity index (χ3n) is 2.99. The third-order valence-corrected chi connectivity index (χ3v) is 3.27. The fraction of sp³-hybridized carbons (Fsp3) is 0.462. The Labute approximate surface area is 108 Å². The van der Waals surface area contributed by atoms with Crippen LogP contribution in [0.3, 0.4) is 0 Å². The Balaban J connectivity index is 2.10. The van der Waals surface area contributed by atoms with E-state index in [1.54, 1.807) is 0 Å². The molecule has 0 aromatic heterocycles. The Morgan fingerprint density at radius 2 is 2.00 bits per heavy atom. The van der Waals surface area contributed by atoms with E-state index in [0.717, 1.165) is 17.2 Å². The van der Waals surface area contributed by atoms with Gasteiger partial charge in [0.15, 0.2) is 5.11 Å². The Morgan fingerprint density at radius 3 is 2.65 bits per heavy atom. The standard InChI is InChI=1S/C13H19N3S/c1-3-4-10-13(2)14-12(17)16(15-13)11-8-6-5-7-9-11/h5-9,15H,3-4,10H2,1-2H3,(H,14,17)/t13-/m1/s1. The van der Waals surface area contributed by atoms with Crippen molar-refractivity contribution in [2.24, 2.45) is 0 Å². The van der Waals surface area contributed by atoms with E-state index in [2.05, 4.69) is 24.6 Å². The summed E-state index contributed by atoms with van der Waals surface area (Å²) in [4.78, 5) is 0. The largest absolute Gasteiger partial charge is 0.342 e. The maximum Gasteiger partial charge on any atom is 0.189 e. The van der Waals surface area contributed by atoms with Crippen LogP contribution in [0.4, 0.5) is 5.69 Å². The number of rotatable bonds is 4. The fourth-order valence-electron chi connectivity index (χ4n) is 2.03. The molecule has 1 atom stereocenters. The molecule has 0 saturated carbocycles. The zero-order chi connectivity index (χ0) is 12.3. The summed E-state index contributed by atoms with van der Waals surface area (Å²) < 4.78 is 0. The molecule has 3 nitrogen and oxygen atoms in total. The molecule has 0 aliphatic carbocycles. The van der Waals surface area contributed by atoms with Gasteiger partial charge in [0, 0.05) is 0 Å². The molecule has 1 aliphatic heterocycles. The molecule has 1 aromatic rings. The second kappa shape index (κ2) is 5.02. The summed E-state index contributed by atoms with van der Waals surface area (Å²) in [5.74, 6) is 0. The Morgan fingerprint density at radius 1 is 1.29 bits per heavy atom. The molecule has 2 N–H and O–H groups in total. The van der Waals surface area contributed by atoms with Crippen LogP contribution < -0.4 is 15.8 Å². The monoisotopic (exact) mass is 249 g/mol. The average Bonchev–Trinajstić information content (AvgIpc) is 2.64. The predicted molar refractivity (Wildman–Crippen MR) is 75.7 cm³/mol. The molecule has 17 heavy (non-hydrogen) atoms. The lowest BCUT2D eigenvalue weighted by molar-refractivity contribution is 0.337. The summed E-state index contributed by atoms with van der Waals surface area (Å²) >= 11 is 5.37. The van der Waals surface area contributed by atoms with Crippen molar-refractivity contribution in [3.05, 3.63) is 30.3 Å². The highest BCUT2D eigenvalue weighted by Crippen LogP contribution is 2.22. The van der Waals surface area contributed by atoms with Crippen molar-refractivity contribution in [2.45, 2.75) is 38.8 Å². The lowest BCUT2D eigenvalue weighted by Gasteiger charge is -2.25. The van der Waals surface area contributed by atoms with Crippen molar-refractivity contribution in [1.82, 2.24) is 10.7 Å². The van der Waals surface area contributed by atoms with E-state index in [4.69, 9.17) is 12.2 Å². The van der Waals surface area contributed by atoms with Gasteiger partial charge in [0.05, 0.1) is 5.69 Å². The molecular weight excluding hydrogens is 230 g/mol. The topological polar surface area (TPSA) is 27.3 Å². The highest BCUT2D eigenvalue weighted by atomic mass is 32.1. The van der Waals surface area contributed by atoms with E-state index in [1.165, 1.54) is 12.8 Å². The molecule has 1 heterocycles. The zero-order valence-electron chi connectivity index (χ0n) is 10.4. The summed E-state index contributed by atoms with van der Waals surface area (Å²) in [5, 5.41) is 6.05. The van der Waals surface area contributed by atoms with E-state index in [-0.39, 0.29) is 5.66 Å². The minimum absolute atomic E-state index is 0.122. The molecule has 92 valence electrons. The lowest BCUT2D eigenvalue weighted by Crippen LogP contribution is -2.48. The molecule has 0 radical (unpaired) electrons. The van der Waals surface area contributed by atoms with Gasteiger partial charge in [-0.2, -0.15) is 0 Å². The van der Waals surface area contributed by atoms with E-state index in [1.807, 2.05) is 35.3 Å². The number of thiocarbonyl (C=S) groups is 1. The van der Waals surface area contributed by atoms with Crippen LogP contribution in [0.5, 0.6) is 0 Å². The van der Waals surface area contributed by atoms with Crippen LogP contribution in [0.15, 0.2) is 30.3 Å². The molecule has 0 amide bonds. The molecular formula is C13H19N3S. The molecule has 4 heteroatoms. The van der Waals surface area contributed by atoms with Gasteiger partial charge in [-0.15, -0.1) is 0 Å². The van der Waals surface area contributed by atoms with Crippen LogP contribution in [0, 0.1) is 0 Å². The van der Waals surface area contributed by atoms with E-state index >= 15 is 0 Å². The van der Waals surface area contributed by atoms with Crippen molar-refractivity contribution in [3.63, 3.8) is 0 Å². The van der Waals surface area contributed by atoms with Gasteiger partial charge >= 0.3 is 0 Å². The summed E-state index contributed by atoms with van der Waals surface area (Å²) in [6.45, 7) is 4.35. The van der Waals surface area contributed by atoms with Crippen LogP contribution in [-0.4, -0.2) is 10.8 Å². The molecule has 0 unspecified atom stereocenters. The highest BCUT2D eigenvalue weighted by molar-refractivity contribution is 7.80. The Kier molecular flexibility index (Phi) is 3.64. The quantitative estimate of drug-likeness (QED) is 0.802. The number of hydrogen-bond acceptors (Lipinski definition) is 2. The molecule has 0 bridgehead atoms. The van der Waals surface area contributed by atoms with Crippen molar-refractivity contribution < 1.29 is 0 Å². The van der Waals surface area contributed by atoms with Gasteiger partial charge in [-0.3, -0.25) is 5.01 Å². The first-order chi connectivity index (χ1) is 8.14. The van der Waals surface area contributed by atoms with Crippen LogP contribution in [0.1, 0.15) is 33.1 Å². The van der Waals surface area contributed by atoms with Crippen molar-refractivity contribution in [1.29, 1.82) is 0 Å². The average molecular weight is 249 g/mol.